The summed E-state index contributed by atoms with van der Waals surface area (Å²) in [5.41, 5.74) is 6.61. The third kappa shape index (κ3) is 3.67. The maximum absolute atomic E-state index is 11.6. The summed E-state index contributed by atoms with van der Waals surface area (Å²) in [7, 11) is 0. The van der Waals surface area contributed by atoms with Crippen LogP contribution in [0, 0.1) is 11.3 Å². The smallest absolute Gasteiger partial charge is 0.339 e. The van der Waals surface area contributed by atoms with Crippen LogP contribution in [0.25, 0.3) is 11.3 Å². The van der Waals surface area contributed by atoms with Gasteiger partial charge in [-0.1, -0.05) is 22.0 Å². The van der Waals surface area contributed by atoms with Crippen LogP contribution >= 0.6 is 0 Å². The molecule has 0 bridgehead atoms. The molecule has 0 saturated heterocycles. The second kappa shape index (κ2) is 7.05. The molecule has 0 amide bonds. The van der Waals surface area contributed by atoms with Gasteiger partial charge in [0.25, 0.3) is 5.95 Å². The number of anilines is 1. The molecule has 2 heterocycles. The van der Waals surface area contributed by atoms with Gasteiger partial charge in [-0.05, 0) is 34.7 Å². The number of aromatic nitrogens is 4. The van der Waals surface area contributed by atoms with Crippen molar-refractivity contribution < 1.29 is 13.9 Å². The van der Waals surface area contributed by atoms with E-state index in [9.17, 15) is 4.79 Å². The molecular weight excluding hydrogens is 326 g/mol. The predicted molar refractivity (Wildman–Crippen MR) is 85.3 cm³/mol. The van der Waals surface area contributed by atoms with Gasteiger partial charge in [-0.2, -0.15) is 10.4 Å². The second-order valence-corrected chi connectivity index (χ2v) is 4.68. The van der Waals surface area contributed by atoms with Gasteiger partial charge in [-0.25, -0.2) is 4.79 Å². The number of carbonyl (C=O) groups excluding carboxylic acids is 1. The zero-order valence-corrected chi connectivity index (χ0v) is 12.7. The highest BCUT2D eigenvalue weighted by Crippen LogP contribution is 2.22. The summed E-state index contributed by atoms with van der Waals surface area (Å²) in [5, 5.41) is 22.8. The zero-order valence-electron chi connectivity index (χ0n) is 12.7. The number of carbonyl (C=O) groups is 1. The maximum atomic E-state index is 11.6. The minimum Gasteiger partial charge on any atom is -0.455 e. The van der Waals surface area contributed by atoms with Crippen LogP contribution in [-0.4, -0.2) is 39.1 Å². The largest absolute Gasteiger partial charge is 0.455 e. The summed E-state index contributed by atoms with van der Waals surface area (Å²) in [6, 6.07) is 11.8. The SMILES string of the molecule is N#CCOC(=O)c1ccc(-c2ccc(C=Nn3nnnc3N)o2)cc1. The number of hydrogen-bond donors (Lipinski definition) is 1. The average molecular weight is 337 g/mol. The van der Waals surface area contributed by atoms with Crippen LogP contribution in [0.15, 0.2) is 45.9 Å². The maximum Gasteiger partial charge on any atom is 0.339 e. The van der Waals surface area contributed by atoms with Crippen LogP contribution in [-0.2, 0) is 4.74 Å². The summed E-state index contributed by atoms with van der Waals surface area (Å²) in [5.74, 6) is 0.562. The van der Waals surface area contributed by atoms with E-state index in [4.69, 9.17) is 20.1 Å². The fourth-order valence-corrected chi connectivity index (χ4v) is 1.91. The monoisotopic (exact) mass is 337 g/mol. The standard InChI is InChI=1S/C15H11N7O3/c16-7-8-24-14(23)11-3-1-10(2-4-11)13-6-5-12(25-13)9-18-22-15(17)19-20-21-22/h1-6,9H,8H2,(H2,17,19,21). The molecule has 0 aliphatic carbocycles. The molecule has 0 aliphatic rings. The van der Waals surface area contributed by atoms with E-state index in [1.54, 1.807) is 42.5 Å². The number of nitrogens with two attached hydrogens (primary N) is 1. The van der Waals surface area contributed by atoms with Crippen molar-refractivity contribution in [1.82, 2.24) is 20.3 Å². The minimum absolute atomic E-state index is 0.0573. The quantitative estimate of drug-likeness (QED) is 0.537. The lowest BCUT2D eigenvalue weighted by molar-refractivity contribution is 0.0555. The number of benzene rings is 1. The predicted octanol–water partition coefficient (Wildman–Crippen LogP) is 1.08. The summed E-state index contributed by atoms with van der Waals surface area (Å²) in [6.45, 7) is -0.284. The van der Waals surface area contributed by atoms with E-state index >= 15 is 0 Å². The molecule has 0 unspecified atom stereocenters. The number of rotatable bonds is 5. The summed E-state index contributed by atoms with van der Waals surface area (Å²) in [6.07, 6.45) is 1.42. The number of nitrogen functional groups attached to an aromatic ring is 1. The van der Waals surface area contributed by atoms with E-state index in [2.05, 4.69) is 20.6 Å². The molecule has 3 rings (SSSR count). The minimum atomic E-state index is -0.556. The van der Waals surface area contributed by atoms with E-state index in [0.29, 0.717) is 17.1 Å². The van der Waals surface area contributed by atoms with Crippen molar-refractivity contribution in [2.75, 3.05) is 12.3 Å². The Morgan fingerprint density at radius 3 is 2.84 bits per heavy atom. The number of nitriles is 1. The molecular formula is C15H11N7O3. The first-order chi connectivity index (χ1) is 12.2. The normalized spacial score (nSPS) is 10.7. The van der Waals surface area contributed by atoms with Crippen molar-refractivity contribution in [3.05, 3.63) is 47.7 Å². The van der Waals surface area contributed by atoms with Crippen molar-refractivity contribution in [2.24, 2.45) is 5.10 Å². The Bertz CT molecular complexity index is 950. The van der Waals surface area contributed by atoms with E-state index in [0.717, 1.165) is 10.4 Å². The average Bonchev–Trinajstić information content (AvgIpc) is 3.27. The molecule has 2 N–H and O–H groups in total. The molecule has 124 valence electrons. The lowest BCUT2D eigenvalue weighted by Gasteiger charge is -2.01. The molecule has 2 aromatic heterocycles. The molecule has 0 spiro atoms. The van der Waals surface area contributed by atoms with Crippen molar-refractivity contribution in [3.8, 4) is 17.4 Å². The van der Waals surface area contributed by atoms with Gasteiger partial charge in [0.1, 0.15) is 17.6 Å². The van der Waals surface area contributed by atoms with Gasteiger partial charge in [0.2, 0.25) is 0 Å². The lowest BCUT2D eigenvalue weighted by Crippen LogP contribution is -2.04. The van der Waals surface area contributed by atoms with Crippen molar-refractivity contribution >= 4 is 18.1 Å². The van der Waals surface area contributed by atoms with Crippen molar-refractivity contribution in [3.63, 3.8) is 0 Å². The van der Waals surface area contributed by atoms with Gasteiger partial charge in [-0.3, -0.25) is 0 Å². The van der Waals surface area contributed by atoms with Crippen LogP contribution in [0.3, 0.4) is 0 Å². The van der Waals surface area contributed by atoms with Crippen molar-refractivity contribution in [1.29, 1.82) is 5.26 Å². The second-order valence-electron chi connectivity index (χ2n) is 4.68. The highest BCUT2D eigenvalue weighted by molar-refractivity contribution is 5.90. The van der Waals surface area contributed by atoms with Gasteiger partial charge in [0.05, 0.1) is 11.8 Å². The van der Waals surface area contributed by atoms with E-state index in [-0.39, 0.29) is 12.6 Å². The lowest BCUT2D eigenvalue weighted by atomic mass is 10.1. The Labute approximate surface area is 141 Å². The number of hydrogen-bond acceptors (Lipinski definition) is 9. The van der Waals surface area contributed by atoms with Gasteiger partial charge in [0.15, 0.2) is 6.61 Å². The van der Waals surface area contributed by atoms with Crippen molar-refractivity contribution in [2.45, 2.75) is 0 Å². The Morgan fingerprint density at radius 2 is 2.16 bits per heavy atom. The number of esters is 1. The summed E-state index contributed by atoms with van der Waals surface area (Å²) >= 11 is 0. The van der Waals surface area contributed by atoms with Crippen LogP contribution in [0.4, 0.5) is 5.95 Å². The van der Waals surface area contributed by atoms with E-state index in [1.807, 2.05) is 0 Å². The fraction of sp³-hybridized carbons (Fsp3) is 0.0667. The topological polar surface area (TPSA) is 145 Å². The molecule has 25 heavy (non-hydrogen) atoms. The molecule has 3 aromatic rings. The summed E-state index contributed by atoms with van der Waals surface area (Å²) < 4.78 is 10.4. The molecule has 10 nitrogen and oxygen atoms in total. The molecule has 1 aromatic carbocycles. The van der Waals surface area contributed by atoms with Gasteiger partial charge in [-0.15, -0.1) is 0 Å². The molecule has 0 saturated carbocycles. The number of nitrogens with zero attached hydrogens (tertiary/aromatic N) is 6. The molecule has 10 heteroatoms. The first kappa shape index (κ1) is 15.9. The Hall–Kier alpha value is -4.00. The number of tetrazole rings is 1. The Balaban J connectivity index is 1.72. The third-order valence-electron chi connectivity index (χ3n) is 3.07. The third-order valence-corrected chi connectivity index (χ3v) is 3.07. The number of furan rings is 1. The van der Waals surface area contributed by atoms with E-state index < -0.39 is 5.97 Å². The van der Waals surface area contributed by atoms with Gasteiger partial charge >= 0.3 is 5.97 Å². The highest BCUT2D eigenvalue weighted by atomic mass is 16.5. The van der Waals surface area contributed by atoms with Crippen LogP contribution in [0.5, 0.6) is 0 Å². The molecule has 0 atom stereocenters. The molecule has 0 radical (unpaired) electrons. The number of ether oxygens (including phenoxy) is 1. The van der Waals surface area contributed by atoms with Gasteiger partial charge < -0.3 is 14.9 Å². The zero-order chi connectivity index (χ0) is 17.6. The Kier molecular flexibility index (Phi) is 4.48. The van der Waals surface area contributed by atoms with Gasteiger partial charge in [0, 0.05) is 5.56 Å². The van der Waals surface area contributed by atoms with Crippen LogP contribution < -0.4 is 5.73 Å². The fourth-order valence-electron chi connectivity index (χ4n) is 1.91. The van der Waals surface area contributed by atoms with E-state index in [1.165, 1.54) is 6.21 Å². The molecule has 0 aliphatic heterocycles. The Morgan fingerprint density at radius 1 is 1.36 bits per heavy atom. The van der Waals surface area contributed by atoms with Crippen LogP contribution in [0.1, 0.15) is 16.1 Å². The molecule has 0 fully saturated rings. The van der Waals surface area contributed by atoms with Crippen LogP contribution in [0.2, 0.25) is 0 Å². The first-order valence-corrected chi connectivity index (χ1v) is 7.00. The first-order valence-electron chi connectivity index (χ1n) is 7.00. The highest BCUT2D eigenvalue weighted by Gasteiger charge is 2.09. The summed E-state index contributed by atoms with van der Waals surface area (Å²) in [4.78, 5) is 12.7.